The molecule has 0 aromatic heterocycles. The Bertz CT molecular complexity index is 584. The zero-order valence-electron chi connectivity index (χ0n) is 14.5. The molecule has 2 aliphatic rings. The lowest BCUT2D eigenvalue weighted by molar-refractivity contribution is -0.114. The molecule has 0 fully saturated rings. The molecule has 2 aliphatic carbocycles. The Labute approximate surface area is 162 Å². The monoisotopic (exact) mass is 410 g/mol. The Morgan fingerprint density at radius 1 is 0.960 bits per heavy atom. The molecule has 0 aliphatic heterocycles. The largest absolute Gasteiger partial charge is 0.492 e. The van der Waals surface area contributed by atoms with Crippen LogP contribution in [0.4, 0.5) is 0 Å². The van der Waals surface area contributed by atoms with Crippen molar-refractivity contribution in [1.29, 1.82) is 0 Å². The van der Waals surface area contributed by atoms with Gasteiger partial charge in [-0.25, -0.2) is 0 Å². The zero-order chi connectivity index (χ0) is 19.6. The molecule has 0 aromatic carbocycles. The molecule has 0 bridgehead atoms. The van der Waals surface area contributed by atoms with Crippen molar-refractivity contribution in [2.24, 2.45) is 5.92 Å². The highest BCUT2D eigenvalue weighted by molar-refractivity contribution is 6.64. The van der Waals surface area contributed by atoms with Crippen LogP contribution < -0.4 is 9.47 Å². The van der Waals surface area contributed by atoms with Crippen molar-refractivity contribution in [3.05, 3.63) is 12.1 Å². The van der Waals surface area contributed by atoms with Crippen molar-refractivity contribution in [1.82, 2.24) is 0 Å². The number of carbonyl (C=O) groups excluding carboxylic acids is 3. The van der Waals surface area contributed by atoms with Gasteiger partial charge in [0.1, 0.15) is 0 Å². The van der Waals surface area contributed by atoms with E-state index in [0.29, 0.717) is 19.3 Å². The van der Waals surface area contributed by atoms with Crippen molar-refractivity contribution >= 4 is 50.5 Å². The van der Waals surface area contributed by atoms with E-state index in [1.807, 2.05) is 19.1 Å². The van der Waals surface area contributed by atoms with Crippen LogP contribution in [0.25, 0.3) is 11.1 Å². The molecule has 0 spiro atoms. The third-order valence-electron chi connectivity index (χ3n) is 3.15. The molecule has 0 amide bonds. The lowest BCUT2D eigenvalue weighted by Crippen LogP contribution is -2.03. The van der Waals surface area contributed by atoms with Gasteiger partial charge < -0.3 is 9.47 Å². The zero-order valence-corrected chi connectivity index (χ0v) is 16.8. The average molecular weight is 412 g/mol. The van der Waals surface area contributed by atoms with Crippen molar-refractivity contribution in [3.8, 4) is 22.6 Å². The number of benzene rings is 1. The number of hydrogen-bond donors (Lipinski definition) is 0. The highest BCUT2D eigenvalue weighted by Gasteiger charge is 2.27. The molecule has 0 aromatic rings. The highest BCUT2D eigenvalue weighted by Crippen LogP contribution is 2.54. The fraction of sp³-hybridized carbons (Fsp3) is 0.471. The minimum absolute atomic E-state index is 0.141. The quantitative estimate of drug-likeness (QED) is 0.613. The van der Waals surface area contributed by atoms with Gasteiger partial charge in [0.05, 0.1) is 14.2 Å². The number of ether oxygens (including phenoxy) is 2. The van der Waals surface area contributed by atoms with Crippen LogP contribution in [-0.2, 0) is 14.4 Å². The summed E-state index contributed by atoms with van der Waals surface area (Å²) in [5.74, 6) is 1.92. The maximum Gasteiger partial charge on any atom is 0.221 e. The predicted molar refractivity (Wildman–Crippen MR) is 99.8 cm³/mol. The van der Waals surface area contributed by atoms with Crippen molar-refractivity contribution in [2.75, 3.05) is 14.2 Å². The van der Waals surface area contributed by atoms with Crippen LogP contribution in [0.2, 0.25) is 0 Å². The summed E-state index contributed by atoms with van der Waals surface area (Å²) in [6.45, 7) is 3.15. The van der Waals surface area contributed by atoms with Gasteiger partial charge in [-0.2, -0.15) is 0 Å². The molecule has 0 N–H and O–H groups in total. The van der Waals surface area contributed by atoms with Gasteiger partial charge in [-0.15, -0.1) is 0 Å². The first-order valence-corrected chi connectivity index (χ1v) is 8.55. The van der Waals surface area contributed by atoms with Crippen molar-refractivity contribution in [3.63, 3.8) is 0 Å². The van der Waals surface area contributed by atoms with E-state index in [0.717, 1.165) is 11.5 Å². The van der Waals surface area contributed by atoms with Crippen LogP contribution in [0.3, 0.4) is 0 Å². The lowest BCUT2D eigenvalue weighted by Gasteiger charge is -2.24. The number of fused-ring (bicyclic) bond motifs is 1. The maximum atomic E-state index is 10.3. The molecular formula is C17H21Cl3O5. The molecule has 0 saturated carbocycles. The Hall–Kier alpha value is -1.30. The first kappa shape index (κ1) is 23.7. The van der Waals surface area contributed by atoms with Gasteiger partial charge in [-0.05, 0) is 59.3 Å². The second-order valence-electron chi connectivity index (χ2n) is 5.26. The third kappa shape index (κ3) is 9.10. The number of methoxy groups -OCH3 is 2. The maximum absolute atomic E-state index is 10.3. The second-order valence-corrected chi connectivity index (χ2v) is 6.63. The van der Waals surface area contributed by atoms with E-state index < -0.39 is 0 Å². The number of hydrogen-bond acceptors (Lipinski definition) is 5. The van der Waals surface area contributed by atoms with Gasteiger partial charge in [-0.1, -0.05) is 6.92 Å². The number of rotatable bonds is 7. The molecular weight excluding hydrogens is 391 g/mol. The van der Waals surface area contributed by atoms with Gasteiger partial charge in [0.2, 0.25) is 15.7 Å². The number of carbonyl (C=O) groups is 3. The normalized spacial score (nSPS) is 11.0. The second kappa shape index (κ2) is 12.1. The number of halogens is 3. The van der Waals surface area contributed by atoms with E-state index in [2.05, 4.69) is 11.6 Å². The Balaban J connectivity index is 0.000000382. The molecule has 8 heteroatoms. The van der Waals surface area contributed by atoms with E-state index in [9.17, 15) is 14.4 Å². The summed E-state index contributed by atoms with van der Waals surface area (Å²) in [6, 6.07) is 4.05. The van der Waals surface area contributed by atoms with Crippen LogP contribution in [0, 0.1) is 5.92 Å². The van der Waals surface area contributed by atoms with Crippen LogP contribution >= 0.6 is 34.8 Å². The molecule has 0 heterocycles. The van der Waals surface area contributed by atoms with E-state index >= 15 is 0 Å². The fourth-order valence-electron chi connectivity index (χ4n) is 1.97. The smallest absolute Gasteiger partial charge is 0.221 e. The van der Waals surface area contributed by atoms with Gasteiger partial charge in [0, 0.05) is 30.9 Å². The predicted octanol–water partition coefficient (Wildman–Crippen LogP) is 4.78. The molecule has 1 unspecified atom stereocenters. The molecule has 140 valence electrons. The summed E-state index contributed by atoms with van der Waals surface area (Å²) in [5.41, 5.74) is 2.39. The van der Waals surface area contributed by atoms with E-state index in [1.165, 1.54) is 18.1 Å². The topological polar surface area (TPSA) is 69.7 Å². The standard InChI is InChI=1S/C8H8O2.C7H10Cl2O2.C2H3ClO/c1-9-7-5-3-4-6(5)8(7)10-2;1-5(4-7(9)11)2-3-6(8)10;1-2(3)4/h3-4H,1-2H3;5H,2-4H2,1H3;1H3. The molecule has 1 atom stereocenters. The first-order valence-electron chi connectivity index (χ1n) is 7.42. The third-order valence-corrected chi connectivity index (χ3v) is 3.50. The SMILES string of the molecule is CC(=O)Cl.CC(CCC(=O)Cl)CC(=O)Cl.COc1c2ccc-2c1OC. The van der Waals surface area contributed by atoms with Gasteiger partial charge in [0.25, 0.3) is 0 Å². The summed E-state index contributed by atoms with van der Waals surface area (Å²) in [4.78, 5) is 29.8. The highest BCUT2D eigenvalue weighted by atomic mass is 35.5. The summed E-state index contributed by atoms with van der Waals surface area (Å²) in [7, 11) is 3.31. The fourth-order valence-corrected chi connectivity index (χ4v) is 2.34. The van der Waals surface area contributed by atoms with Crippen LogP contribution in [0.5, 0.6) is 11.5 Å². The molecule has 2 rings (SSSR count). The van der Waals surface area contributed by atoms with Gasteiger partial charge >= 0.3 is 0 Å². The Kier molecular flexibility index (Phi) is 11.5. The molecule has 0 saturated heterocycles. The molecule has 0 radical (unpaired) electrons. The summed E-state index contributed by atoms with van der Waals surface area (Å²) in [5, 5.41) is -1.08. The molecule has 5 nitrogen and oxygen atoms in total. The summed E-state index contributed by atoms with van der Waals surface area (Å²) in [6.07, 6.45) is 1.25. The van der Waals surface area contributed by atoms with E-state index in [1.54, 1.807) is 14.2 Å². The first-order chi connectivity index (χ1) is 11.6. The van der Waals surface area contributed by atoms with Gasteiger partial charge in [-0.3, -0.25) is 14.4 Å². The Morgan fingerprint density at radius 3 is 1.60 bits per heavy atom. The van der Waals surface area contributed by atoms with E-state index in [-0.39, 0.29) is 21.6 Å². The lowest BCUT2D eigenvalue weighted by atomic mass is 9.90. The van der Waals surface area contributed by atoms with E-state index in [4.69, 9.17) is 32.7 Å². The van der Waals surface area contributed by atoms with Crippen molar-refractivity contribution < 1.29 is 23.9 Å². The Morgan fingerprint density at radius 2 is 1.36 bits per heavy atom. The van der Waals surface area contributed by atoms with Crippen molar-refractivity contribution in [2.45, 2.75) is 33.1 Å². The molecule has 25 heavy (non-hydrogen) atoms. The summed E-state index contributed by atoms with van der Waals surface area (Å²) < 4.78 is 10.1. The van der Waals surface area contributed by atoms with Gasteiger partial charge in [0.15, 0.2) is 11.5 Å². The summed E-state index contributed by atoms with van der Waals surface area (Å²) >= 11 is 14.9. The van der Waals surface area contributed by atoms with Crippen LogP contribution in [-0.4, -0.2) is 29.9 Å². The van der Waals surface area contributed by atoms with Crippen LogP contribution in [0.15, 0.2) is 12.1 Å². The minimum Gasteiger partial charge on any atom is -0.492 e. The van der Waals surface area contributed by atoms with Crippen LogP contribution in [0.1, 0.15) is 33.1 Å². The average Bonchev–Trinajstić information content (AvgIpc) is 2.46. The minimum atomic E-state index is -0.362.